The Hall–Kier alpha value is -3.53. The Balaban J connectivity index is 1.47. The van der Waals surface area contributed by atoms with E-state index in [2.05, 4.69) is 15.0 Å². The molecule has 1 atom stereocenters. The van der Waals surface area contributed by atoms with Gasteiger partial charge in [-0.3, -0.25) is 14.1 Å². The van der Waals surface area contributed by atoms with Crippen molar-refractivity contribution in [2.24, 2.45) is 5.41 Å². The molecule has 1 aromatic heterocycles. The van der Waals surface area contributed by atoms with Crippen LogP contribution in [-0.2, 0) is 10.2 Å². The number of halogens is 1. The minimum absolute atomic E-state index is 0.0612. The van der Waals surface area contributed by atoms with Gasteiger partial charge in [0.15, 0.2) is 11.6 Å². The number of hydrogen-bond acceptors (Lipinski definition) is 7. The van der Waals surface area contributed by atoms with Crippen molar-refractivity contribution in [3.63, 3.8) is 0 Å². The molecule has 1 aliphatic carbocycles. The van der Waals surface area contributed by atoms with Crippen LogP contribution in [0.1, 0.15) is 43.7 Å². The van der Waals surface area contributed by atoms with E-state index in [0.29, 0.717) is 10.9 Å². The fraction of sp³-hybridized carbons (Fsp3) is 0.423. The molecule has 2 aliphatic rings. The van der Waals surface area contributed by atoms with Gasteiger partial charge >= 0.3 is 10.2 Å². The predicted molar refractivity (Wildman–Crippen MR) is 141 cm³/mol. The van der Waals surface area contributed by atoms with Crippen LogP contribution < -0.4 is 20.3 Å². The van der Waals surface area contributed by atoms with E-state index in [1.54, 1.807) is 17.0 Å². The number of ether oxygens (including phenoxy) is 1. The lowest BCUT2D eigenvalue weighted by molar-refractivity contribution is 0.201. The van der Waals surface area contributed by atoms with Gasteiger partial charge in [0.05, 0.1) is 22.9 Å². The number of anilines is 1. The summed E-state index contributed by atoms with van der Waals surface area (Å²) in [5.41, 5.74) is 0.0824. The van der Waals surface area contributed by atoms with Gasteiger partial charge in [-0.2, -0.15) is 18.0 Å². The summed E-state index contributed by atoms with van der Waals surface area (Å²) in [6.07, 6.45) is 6.74. The highest BCUT2D eigenvalue weighted by molar-refractivity contribution is 7.90. The molecule has 1 spiro atoms. The first-order valence-corrected chi connectivity index (χ1v) is 13.9. The molecule has 3 aromatic rings. The maximum absolute atomic E-state index is 14.8. The summed E-state index contributed by atoms with van der Waals surface area (Å²) in [6, 6.07) is 8.64. The van der Waals surface area contributed by atoms with Crippen LogP contribution in [-0.4, -0.2) is 49.5 Å². The summed E-state index contributed by atoms with van der Waals surface area (Å²) >= 11 is 0. The van der Waals surface area contributed by atoms with E-state index in [1.807, 2.05) is 6.07 Å². The molecule has 1 saturated heterocycles. The lowest BCUT2D eigenvalue weighted by Gasteiger charge is -2.34. The summed E-state index contributed by atoms with van der Waals surface area (Å²) < 4.78 is 49.9. The van der Waals surface area contributed by atoms with Crippen LogP contribution in [0.4, 0.5) is 10.1 Å². The smallest absolute Gasteiger partial charge is 0.301 e. The van der Waals surface area contributed by atoms with E-state index in [4.69, 9.17) is 4.74 Å². The van der Waals surface area contributed by atoms with E-state index < -0.39 is 21.8 Å². The Kier molecular flexibility index (Phi) is 6.85. The first-order valence-electron chi connectivity index (χ1n) is 12.4. The molecule has 0 amide bonds. The average Bonchev–Trinajstić information content (AvgIpc) is 3.29. The van der Waals surface area contributed by atoms with Crippen molar-refractivity contribution in [3.8, 4) is 17.6 Å². The van der Waals surface area contributed by atoms with Gasteiger partial charge in [0.2, 0.25) is 0 Å². The van der Waals surface area contributed by atoms with Gasteiger partial charge in [0, 0.05) is 20.1 Å². The maximum Gasteiger partial charge on any atom is 0.301 e. The molecule has 200 valence electrons. The minimum atomic E-state index is -3.95. The Morgan fingerprint density at radius 2 is 2.00 bits per heavy atom. The normalized spacial score (nSPS) is 19.1. The highest BCUT2D eigenvalue weighted by Gasteiger charge is 2.40. The van der Waals surface area contributed by atoms with Crippen molar-refractivity contribution in [2.45, 2.75) is 38.1 Å². The predicted octanol–water partition coefficient (Wildman–Crippen LogP) is 3.51. The van der Waals surface area contributed by atoms with Crippen molar-refractivity contribution in [1.82, 2.24) is 19.2 Å². The highest BCUT2D eigenvalue weighted by atomic mass is 32.2. The molecule has 2 fully saturated rings. The Labute approximate surface area is 220 Å². The zero-order valence-corrected chi connectivity index (χ0v) is 22.0. The number of aromatic nitrogens is 2. The fourth-order valence-electron chi connectivity index (χ4n) is 5.47. The zero-order chi connectivity index (χ0) is 27.1. The van der Waals surface area contributed by atoms with Gasteiger partial charge in [-0.05, 0) is 80.9 Å². The second-order valence-corrected chi connectivity index (χ2v) is 12.1. The maximum atomic E-state index is 14.8. The summed E-state index contributed by atoms with van der Waals surface area (Å²) in [6.45, 7) is 1.99. The van der Waals surface area contributed by atoms with Gasteiger partial charge in [0.1, 0.15) is 17.4 Å². The van der Waals surface area contributed by atoms with Gasteiger partial charge in [-0.1, -0.05) is 0 Å². The molecular weight excluding hydrogens is 511 g/mol. The number of piperidine rings is 1. The van der Waals surface area contributed by atoms with Crippen molar-refractivity contribution < 1.29 is 17.5 Å². The minimum Gasteiger partial charge on any atom is -0.453 e. The second-order valence-electron chi connectivity index (χ2n) is 10.2. The van der Waals surface area contributed by atoms with E-state index in [0.717, 1.165) is 61.6 Å². The SMILES string of the molecule is CN(C)S(=O)(=O)Nc1ccc(F)c(Oc2ccc3ncn([C@@H]4CCC5(CCNCC5)C4)c(=O)c3c2)c1C#N. The van der Waals surface area contributed by atoms with E-state index in [9.17, 15) is 22.9 Å². The van der Waals surface area contributed by atoms with Crippen LogP contribution in [0.15, 0.2) is 41.5 Å². The third kappa shape index (κ3) is 4.84. The number of benzene rings is 2. The van der Waals surface area contributed by atoms with Gasteiger partial charge in [0.25, 0.3) is 5.56 Å². The molecule has 0 radical (unpaired) electrons. The second kappa shape index (κ2) is 9.98. The standard InChI is InChI=1S/C26H29FN6O4S/c1-32(2)38(35,36)31-23-6-4-21(27)24(20(23)15-28)37-18-3-5-22-19(13-18)25(34)33(16-30-22)17-7-8-26(14-17)9-11-29-12-10-26/h3-6,13,16-17,29,31H,7-12,14H2,1-2H3/t17-/m1/s1. The van der Waals surface area contributed by atoms with Gasteiger partial charge < -0.3 is 10.1 Å². The molecule has 0 unspecified atom stereocenters. The van der Waals surface area contributed by atoms with Crippen molar-refractivity contribution in [1.29, 1.82) is 5.26 Å². The van der Waals surface area contributed by atoms with Crippen molar-refractivity contribution in [3.05, 3.63) is 58.4 Å². The van der Waals surface area contributed by atoms with Gasteiger partial charge in [-0.25, -0.2) is 9.37 Å². The summed E-state index contributed by atoms with van der Waals surface area (Å²) in [5.74, 6) is -1.17. The van der Waals surface area contributed by atoms with Crippen LogP contribution in [0.25, 0.3) is 10.9 Å². The van der Waals surface area contributed by atoms with Crippen molar-refractivity contribution in [2.75, 3.05) is 31.9 Å². The number of fused-ring (bicyclic) bond motifs is 1. The molecule has 2 heterocycles. The molecule has 12 heteroatoms. The summed E-state index contributed by atoms with van der Waals surface area (Å²) in [4.78, 5) is 18.0. The third-order valence-corrected chi connectivity index (χ3v) is 9.09. The molecule has 2 aromatic carbocycles. The lowest BCUT2D eigenvalue weighted by atomic mass is 9.77. The molecular formula is C26H29FN6O4S. The summed E-state index contributed by atoms with van der Waals surface area (Å²) in [5, 5.41) is 13.4. The van der Waals surface area contributed by atoms with E-state index in [-0.39, 0.29) is 34.0 Å². The molecule has 10 nitrogen and oxygen atoms in total. The quantitative estimate of drug-likeness (QED) is 0.489. The number of nitrogens with zero attached hydrogens (tertiary/aromatic N) is 4. The van der Waals surface area contributed by atoms with Crippen LogP contribution >= 0.6 is 0 Å². The molecule has 0 bridgehead atoms. The first-order chi connectivity index (χ1) is 18.1. The zero-order valence-electron chi connectivity index (χ0n) is 21.2. The lowest BCUT2D eigenvalue weighted by Crippen LogP contribution is -2.35. The van der Waals surface area contributed by atoms with Crippen molar-refractivity contribution >= 4 is 26.8 Å². The Morgan fingerprint density at radius 3 is 2.71 bits per heavy atom. The van der Waals surface area contributed by atoms with Crippen LogP contribution in [0, 0.1) is 22.6 Å². The highest BCUT2D eigenvalue weighted by Crippen LogP contribution is 2.49. The van der Waals surface area contributed by atoms with Crippen LogP contribution in [0.3, 0.4) is 0 Å². The molecule has 5 rings (SSSR count). The monoisotopic (exact) mass is 540 g/mol. The van der Waals surface area contributed by atoms with E-state index >= 15 is 0 Å². The van der Waals surface area contributed by atoms with E-state index in [1.165, 1.54) is 26.2 Å². The number of rotatable bonds is 6. The molecule has 1 saturated carbocycles. The average molecular weight is 541 g/mol. The Bertz CT molecular complexity index is 1590. The molecule has 38 heavy (non-hydrogen) atoms. The summed E-state index contributed by atoms with van der Waals surface area (Å²) in [7, 11) is -1.30. The topological polar surface area (TPSA) is 129 Å². The van der Waals surface area contributed by atoms with Crippen LogP contribution in [0.5, 0.6) is 11.5 Å². The number of nitriles is 1. The Morgan fingerprint density at radius 1 is 1.24 bits per heavy atom. The first kappa shape index (κ1) is 26.1. The van der Waals surface area contributed by atoms with Crippen LogP contribution in [0.2, 0.25) is 0 Å². The van der Waals surface area contributed by atoms with Gasteiger partial charge in [-0.15, -0.1) is 0 Å². The fourth-order valence-corrected chi connectivity index (χ4v) is 6.10. The molecule has 1 aliphatic heterocycles. The number of hydrogen-bond donors (Lipinski definition) is 2. The number of nitrogens with one attached hydrogen (secondary N) is 2. The largest absolute Gasteiger partial charge is 0.453 e. The molecule has 2 N–H and O–H groups in total. The third-order valence-electron chi connectivity index (χ3n) is 7.65.